The first kappa shape index (κ1) is 14.3. The van der Waals surface area contributed by atoms with Crippen molar-refractivity contribution in [1.82, 2.24) is 0 Å². The van der Waals surface area contributed by atoms with E-state index in [4.69, 9.17) is 4.74 Å². The zero-order valence-corrected chi connectivity index (χ0v) is 11.0. The van der Waals surface area contributed by atoms with E-state index in [1.807, 2.05) is 0 Å². The van der Waals surface area contributed by atoms with Crippen LogP contribution in [0, 0.1) is 0 Å². The second-order valence-corrected chi connectivity index (χ2v) is 4.30. The molecule has 0 saturated heterocycles. The van der Waals surface area contributed by atoms with Crippen molar-refractivity contribution in [1.29, 1.82) is 0 Å². The number of rotatable bonds is 9. The number of hydrogen-bond acceptors (Lipinski definition) is 3. The molecule has 2 nitrogen and oxygen atoms in total. The van der Waals surface area contributed by atoms with Crippen LogP contribution in [0.25, 0.3) is 0 Å². The smallest absolute Gasteiger partial charge is 0.315 e. The number of carbonyl (C=O) groups is 1. The highest BCUT2D eigenvalue weighted by molar-refractivity contribution is 9.09. The molecule has 0 saturated carbocycles. The summed E-state index contributed by atoms with van der Waals surface area (Å²) in [6, 6.07) is 0. The predicted octanol–water partition coefficient (Wildman–Crippen LogP) is 3.19. The largest absolute Gasteiger partial charge is 0.465 e. The van der Waals surface area contributed by atoms with Gasteiger partial charge in [0, 0.05) is 5.33 Å². The summed E-state index contributed by atoms with van der Waals surface area (Å²) in [5.74, 6) is -0.0294. The molecule has 0 bridgehead atoms. The molecule has 0 fully saturated rings. The molecule has 0 N–H and O–H groups in total. The van der Waals surface area contributed by atoms with Crippen LogP contribution in [0.2, 0.25) is 0 Å². The van der Waals surface area contributed by atoms with Crippen LogP contribution < -0.4 is 0 Å². The second kappa shape index (κ2) is 11.4. The molecular weight excluding hydrogens is 264 g/mol. The maximum atomic E-state index is 10.7. The minimum absolute atomic E-state index is 0.186. The van der Waals surface area contributed by atoms with E-state index >= 15 is 0 Å². The molecule has 0 atom stereocenters. The first-order valence-electron chi connectivity index (χ1n) is 5.13. The van der Waals surface area contributed by atoms with Crippen LogP contribution >= 0.6 is 28.6 Å². The highest BCUT2D eigenvalue weighted by Crippen LogP contribution is 2.06. The zero-order chi connectivity index (χ0) is 10.6. The van der Waals surface area contributed by atoms with Gasteiger partial charge in [-0.05, 0) is 12.8 Å². The van der Waals surface area contributed by atoms with Crippen LogP contribution in [0.5, 0.6) is 0 Å². The van der Waals surface area contributed by atoms with Gasteiger partial charge >= 0.3 is 5.97 Å². The van der Waals surface area contributed by atoms with Crippen molar-refractivity contribution in [3.63, 3.8) is 0 Å². The number of hydrogen-bond donors (Lipinski definition) is 1. The van der Waals surface area contributed by atoms with E-state index in [0.29, 0.717) is 6.61 Å². The molecule has 0 spiro atoms. The molecule has 4 heteroatoms. The molecule has 0 aromatic rings. The van der Waals surface area contributed by atoms with Crippen LogP contribution in [0.1, 0.15) is 38.5 Å². The summed E-state index contributed by atoms with van der Waals surface area (Å²) in [6.07, 6.45) is 7.21. The Labute approximate surface area is 100 Å². The van der Waals surface area contributed by atoms with Gasteiger partial charge in [-0.25, -0.2) is 0 Å². The van der Waals surface area contributed by atoms with Crippen molar-refractivity contribution in [2.24, 2.45) is 0 Å². The van der Waals surface area contributed by atoms with Crippen LogP contribution in [0.4, 0.5) is 0 Å². The molecule has 14 heavy (non-hydrogen) atoms. The molecule has 0 aromatic carbocycles. The topological polar surface area (TPSA) is 26.3 Å². The summed E-state index contributed by atoms with van der Waals surface area (Å²) < 4.78 is 4.90. The van der Waals surface area contributed by atoms with Gasteiger partial charge in [0.15, 0.2) is 0 Å². The van der Waals surface area contributed by atoms with Gasteiger partial charge in [-0.1, -0.05) is 41.6 Å². The van der Waals surface area contributed by atoms with Crippen LogP contribution in [0.15, 0.2) is 0 Å². The third-order valence-electron chi connectivity index (χ3n) is 1.92. The number of alkyl halides is 1. The standard InChI is InChI=1S/C10H19BrO2S/c11-7-5-3-1-2-4-6-8-13-10(12)9-14/h14H,1-9H2. The fraction of sp³-hybridized carbons (Fsp3) is 0.900. The molecule has 0 aliphatic rings. The monoisotopic (exact) mass is 282 g/mol. The minimum Gasteiger partial charge on any atom is -0.465 e. The molecule has 0 aromatic heterocycles. The molecule has 0 radical (unpaired) electrons. The number of carbonyl (C=O) groups excluding carboxylic acids is 1. The van der Waals surface area contributed by atoms with Crippen LogP contribution in [-0.4, -0.2) is 23.7 Å². The Hall–Kier alpha value is 0.300. The third kappa shape index (κ3) is 10.4. The fourth-order valence-electron chi connectivity index (χ4n) is 1.14. The molecule has 0 aliphatic heterocycles. The average molecular weight is 283 g/mol. The van der Waals surface area contributed by atoms with E-state index < -0.39 is 0 Å². The SMILES string of the molecule is O=C(CS)OCCCCCCCCBr. The van der Waals surface area contributed by atoms with Gasteiger partial charge in [0.05, 0.1) is 12.4 Å². The van der Waals surface area contributed by atoms with Crippen molar-refractivity contribution in [3.05, 3.63) is 0 Å². The lowest BCUT2D eigenvalue weighted by Gasteiger charge is -2.02. The number of halogens is 1. The highest BCUT2D eigenvalue weighted by atomic mass is 79.9. The molecule has 0 amide bonds. The Kier molecular flexibility index (Phi) is 11.6. The van der Waals surface area contributed by atoms with Crippen molar-refractivity contribution in [2.45, 2.75) is 38.5 Å². The van der Waals surface area contributed by atoms with Crippen LogP contribution in [-0.2, 0) is 9.53 Å². The van der Waals surface area contributed by atoms with E-state index in [2.05, 4.69) is 28.6 Å². The molecule has 0 heterocycles. The normalized spacial score (nSPS) is 10.1. The maximum absolute atomic E-state index is 10.7. The Morgan fingerprint density at radius 2 is 1.64 bits per heavy atom. The van der Waals surface area contributed by atoms with Gasteiger partial charge in [-0.15, -0.1) is 0 Å². The molecule has 0 aliphatic carbocycles. The molecular formula is C10H19BrO2S. The van der Waals surface area contributed by atoms with Crippen molar-refractivity contribution >= 4 is 34.5 Å². The summed E-state index contributed by atoms with van der Waals surface area (Å²) >= 11 is 7.22. The lowest BCUT2D eigenvalue weighted by molar-refractivity contribution is -0.140. The number of unbranched alkanes of at least 4 members (excludes halogenated alkanes) is 5. The van der Waals surface area contributed by atoms with Crippen LogP contribution in [0.3, 0.4) is 0 Å². The van der Waals surface area contributed by atoms with E-state index in [1.165, 1.54) is 25.7 Å². The summed E-state index contributed by atoms with van der Waals surface area (Å²) in [5.41, 5.74) is 0. The average Bonchev–Trinajstić information content (AvgIpc) is 2.21. The second-order valence-electron chi connectivity index (χ2n) is 3.19. The Morgan fingerprint density at radius 3 is 2.21 bits per heavy atom. The highest BCUT2D eigenvalue weighted by Gasteiger charge is 1.97. The van der Waals surface area contributed by atoms with Gasteiger partial charge in [-0.2, -0.15) is 12.6 Å². The fourth-order valence-corrected chi connectivity index (χ4v) is 1.62. The zero-order valence-electron chi connectivity index (χ0n) is 8.51. The lowest BCUT2D eigenvalue weighted by Crippen LogP contribution is -2.06. The van der Waals surface area contributed by atoms with Crippen molar-refractivity contribution in [3.8, 4) is 0 Å². The predicted molar refractivity (Wildman–Crippen MR) is 66.3 cm³/mol. The van der Waals surface area contributed by atoms with E-state index in [0.717, 1.165) is 18.2 Å². The maximum Gasteiger partial charge on any atom is 0.315 e. The summed E-state index contributed by atoms with van der Waals surface area (Å²) in [7, 11) is 0. The quantitative estimate of drug-likeness (QED) is 0.304. The Bertz CT molecular complexity index is 142. The minimum atomic E-state index is -0.215. The molecule has 0 rings (SSSR count). The number of ether oxygens (including phenoxy) is 1. The first-order valence-corrected chi connectivity index (χ1v) is 6.89. The Morgan fingerprint density at radius 1 is 1.07 bits per heavy atom. The first-order chi connectivity index (χ1) is 6.81. The van der Waals surface area contributed by atoms with Crippen molar-refractivity contribution in [2.75, 3.05) is 17.7 Å². The summed E-state index contributed by atoms with van der Waals surface area (Å²) in [4.78, 5) is 10.7. The molecule has 0 unspecified atom stereocenters. The number of thiol groups is 1. The summed E-state index contributed by atoms with van der Waals surface area (Å²) in [5, 5.41) is 1.10. The third-order valence-corrected chi connectivity index (χ3v) is 2.74. The van der Waals surface area contributed by atoms with Gasteiger partial charge in [-0.3, -0.25) is 4.79 Å². The van der Waals surface area contributed by atoms with Gasteiger partial charge in [0.25, 0.3) is 0 Å². The summed E-state index contributed by atoms with van der Waals surface area (Å²) in [6.45, 7) is 0.553. The Balaban J connectivity index is 2.95. The van der Waals surface area contributed by atoms with Gasteiger partial charge in [0.1, 0.15) is 0 Å². The van der Waals surface area contributed by atoms with E-state index in [9.17, 15) is 4.79 Å². The van der Waals surface area contributed by atoms with Gasteiger partial charge < -0.3 is 4.74 Å². The van der Waals surface area contributed by atoms with E-state index in [1.54, 1.807) is 0 Å². The van der Waals surface area contributed by atoms with E-state index in [-0.39, 0.29) is 11.7 Å². The van der Waals surface area contributed by atoms with Crippen molar-refractivity contribution < 1.29 is 9.53 Å². The molecule has 84 valence electrons. The number of esters is 1. The lowest BCUT2D eigenvalue weighted by atomic mass is 10.1. The van der Waals surface area contributed by atoms with Gasteiger partial charge in [0.2, 0.25) is 0 Å².